The van der Waals surface area contributed by atoms with E-state index in [1.807, 2.05) is 36.1 Å². The molecular formula is C22H23N3O4S. The summed E-state index contributed by atoms with van der Waals surface area (Å²) in [6.07, 6.45) is 1.64. The molecule has 0 atom stereocenters. The number of hydrogen-bond donors (Lipinski definition) is 0. The number of carbonyl (C=O) groups excluding carboxylic acids is 1. The molecule has 0 radical (unpaired) electrons. The number of fused-ring (bicyclic) bond motifs is 1. The maximum absolute atomic E-state index is 12.9. The van der Waals surface area contributed by atoms with Crippen molar-refractivity contribution in [1.82, 2.24) is 9.88 Å². The Morgan fingerprint density at radius 2 is 1.73 bits per heavy atom. The van der Waals surface area contributed by atoms with Crippen LogP contribution in [0.5, 0.6) is 5.75 Å². The lowest BCUT2D eigenvalue weighted by Crippen LogP contribution is -2.48. The fourth-order valence-corrected chi connectivity index (χ4v) is 4.72. The summed E-state index contributed by atoms with van der Waals surface area (Å²) in [5.41, 5.74) is 2.31. The van der Waals surface area contributed by atoms with E-state index < -0.39 is 10.1 Å². The summed E-state index contributed by atoms with van der Waals surface area (Å²) in [7, 11) is -4.03. The summed E-state index contributed by atoms with van der Waals surface area (Å²) in [6.45, 7) is 6.31. The number of carbonyl (C=O) groups is 1. The third-order valence-corrected chi connectivity index (χ3v) is 6.49. The lowest BCUT2D eigenvalue weighted by Gasteiger charge is -2.35. The lowest BCUT2D eigenvalue weighted by molar-refractivity contribution is -0.129. The molecule has 1 fully saturated rings. The van der Waals surface area contributed by atoms with Crippen LogP contribution in [0, 0.1) is 6.92 Å². The summed E-state index contributed by atoms with van der Waals surface area (Å²) in [6, 6.07) is 13.9. The van der Waals surface area contributed by atoms with Crippen LogP contribution in [-0.4, -0.2) is 50.4 Å². The van der Waals surface area contributed by atoms with Gasteiger partial charge in [-0.15, -0.1) is 0 Å². The molecule has 3 aromatic rings. The average Bonchev–Trinajstić information content (AvgIpc) is 2.73. The molecule has 30 heavy (non-hydrogen) atoms. The molecule has 1 aliphatic rings. The molecule has 7 nitrogen and oxygen atoms in total. The number of benzene rings is 2. The first kappa shape index (κ1) is 20.2. The molecule has 1 amide bonds. The number of pyridine rings is 1. The molecule has 0 spiro atoms. The molecule has 4 rings (SSSR count). The topological polar surface area (TPSA) is 79.8 Å². The Balaban J connectivity index is 1.52. The van der Waals surface area contributed by atoms with Crippen LogP contribution in [0.4, 0.5) is 5.69 Å². The number of piperazine rings is 1. The Morgan fingerprint density at radius 3 is 2.40 bits per heavy atom. The number of aromatic nitrogens is 1. The van der Waals surface area contributed by atoms with Gasteiger partial charge in [0.15, 0.2) is 0 Å². The summed E-state index contributed by atoms with van der Waals surface area (Å²) < 4.78 is 31.1. The average molecular weight is 426 g/mol. The van der Waals surface area contributed by atoms with E-state index in [-0.39, 0.29) is 16.6 Å². The summed E-state index contributed by atoms with van der Waals surface area (Å²) in [5.74, 6) is 0.326. The Kier molecular flexibility index (Phi) is 5.34. The predicted molar refractivity (Wildman–Crippen MR) is 115 cm³/mol. The lowest BCUT2D eigenvalue weighted by atomic mass is 10.2. The molecule has 156 valence electrons. The standard InChI is InChI=1S/C22H23N3O4S/c1-16-14-18-4-3-5-21(22(18)23-15-16)30(27,28)29-20-8-6-19(7-9-20)25-12-10-24(11-13-25)17(2)26/h3-9,14-15H,10-13H2,1-2H3. The van der Waals surface area contributed by atoms with E-state index in [4.69, 9.17) is 4.18 Å². The summed E-state index contributed by atoms with van der Waals surface area (Å²) in [5, 5.41) is 0.750. The molecule has 0 bridgehead atoms. The van der Waals surface area contributed by atoms with Gasteiger partial charge in [-0.25, -0.2) is 0 Å². The third kappa shape index (κ3) is 4.09. The highest BCUT2D eigenvalue weighted by molar-refractivity contribution is 7.87. The second kappa shape index (κ2) is 7.95. The van der Waals surface area contributed by atoms with Crippen LogP contribution < -0.4 is 9.08 Å². The van der Waals surface area contributed by atoms with Crippen LogP contribution in [0.15, 0.2) is 59.6 Å². The third-order valence-electron chi connectivity index (χ3n) is 5.21. The minimum atomic E-state index is -4.03. The smallest absolute Gasteiger partial charge is 0.341 e. The zero-order valence-corrected chi connectivity index (χ0v) is 17.7. The molecule has 0 aliphatic carbocycles. The van der Waals surface area contributed by atoms with Crippen molar-refractivity contribution >= 4 is 32.6 Å². The van der Waals surface area contributed by atoms with E-state index in [1.165, 1.54) is 6.07 Å². The Morgan fingerprint density at radius 1 is 1.03 bits per heavy atom. The van der Waals surface area contributed by atoms with E-state index >= 15 is 0 Å². The zero-order valence-electron chi connectivity index (χ0n) is 16.9. The van der Waals surface area contributed by atoms with Gasteiger partial charge in [0, 0.05) is 50.4 Å². The highest BCUT2D eigenvalue weighted by atomic mass is 32.2. The van der Waals surface area contributed by atoms with Gasteiger partial charge in [0.25, 0.3) is 0 Å². The van der Waals surface area contributed by atoms with E-state index in [9.17, 15) is 13.2 Å². The number of aryl methyl sites for hydroxylation is 1. The van der Waals surface area contributed by atoms with Crippen LogP contribution >= 0.6 is 0 Å². The first-order chi connectivity index (χ1) is 14.3. The second-order valence-electron chi connectivity index (χ2n) is 7.37. The zero-order chi connectivity index (χ0) is 21.3. The first-order valence-corrected chi connectivity index (χ1v) is 11.1. The highest BCUT2D eigenvalue weighted by Gasteiger charge is 2.22. The fourth-order valence-electron chi connectivity index (χ4n) is 3.61. The van der Waals surface area contributed by atoms with Gasteiger partial charge in [-0.1, -0.05) is 12.1 Å². The Bertz CT molecular complexity index is 1180. The largest absolute Gasteiger partial charge is 0.379 e. The molecule has 1 aromatic heterocycles. The minimum Gasteiger partial charge on any atom is -0.379 e. The fraction of sp³-hybridized carbons (Fsp3) is 0.273. The van der Waals surface area contributed by atoms with Crippen LogP contribution in [0.25, 0.3) is 10.9 Å². The van der Waals surface area contributed by atoms with E-state index in [2.05, 4.69) is 9.88 Å². The number of amides is 1. The molecule has 2 aromatic carbocycles. The highest BCUT2D eigenvalue weighted by Crippen LogP contribution is 2.27. The van der Waals surface area contributed by atoms with Crippen LogP contribution in [0.2, 0.25) is 0 Å². The number of nitrogens with zero attached hydrogens (tertiary/aromatic N) is 3. The van der Waals surface area contributed by atoms with Gasteiger partial charge >= 0.3 is 10.1 Å². The number of anilines is 1. The van der Waals surface area contributed by atoms with E-state index in [0.29, 0.717) is 18.6 Å². The SMILES string of the molecule is CC(=O)N1CCN(c2ccc(OS(=O)(=O)c3cccc4cc(C)cnc34)cc2)CC1. The van der Waals surface area contributed by atoms with Crippen LogP contribution in [0.3, 0.4) is 0 Å². The molecule has 0 saturated carbocycles. The second-order valence-corrected chi connectivity index (χ2v) is 8.88. The maximum Gasteiger partial charge on any atom is 0.341 e. The predicted octanol–water partition coefficient (Wildman–Crippen LogP) is 2.98. The van der Waals surface area contributed by atoms with Crippen molar-refractivity contribution in [3.63, 3.8) is 0 Å². The van der Waals surface area contributed by atoms with Crippen molar-refractivity contribution in [3.05, 3.63) is 60.3 Å². The molecule has 0 N–H and O–H groups in total. The van der Waals surface area contributed by atoms with Gasteiger partial charge in [-0.05, 0) is 48.9 Å². The first-order valence-electron chi connectivity index (χ1n) is 9.74. The molecule has 1 saturated heterocycles. The Labute approximate surface area is 176 Å². The van der Waals surface area contributed by atoms with Crippen molar-refractivity contribution < 1.29 is 17.4 Å². The molecule has 8 heteroatoms. The normalized spacial score (nSPS) is 14.7. The summed E-state index contributed by atoms with van der Waals surface area (Å²) in [4.78, 5) is 19.8. The van der Waals surface area contributed by atoms with Gasteiger partial charge in [-0.3, -0.25) is 9.78 Å². The van der Waals surface area contributed by atoms with Gasteiger partial charge in [0.2, 0.25) is 5.91 Å². The number of rotatable bonds is 4. The van der Waals surface area contributed by atoms with Crippen molar-refractivity contribution in [1.29, 1.82) is 0 Å². The molecule has 0 unspecified atom stereocenters. The van der Waals surface area contributed by atoms with E-state index in [0.717, 1.165) is 29.7 Å². The van der Waals surface area contributed by atoms with Gasteiger partial charge in [-0.2, -0.15) is 8.42 Å². The van der Waals surface area contributed by atoms with E-state index in [1.54, 1.807) is 31.3 Å². The minimum absolute atomic E-state index is 0.0458. The molecule has 2 heterocycles. The Hall–Kier alpha value is -3.13. The van der Waals surface area contributed by atoms with Crippen molar-refractivity contribution in [3.8, 4) is 5.75 Å². The quantitative estimate of drug-likeness (QED) is 0.598. The number of para-hydroxylation sites is 1. The maximum atomic E-state index is 12.9. The van der Waals surface area contributed by atoms with Gasteiger partial charge in [0.05, 0.1) is 5.52 Å². The molecular weight excluding hydrogens is 402 g/mol. The van der Waals surface area contributed by atoms with Crippen LogP contribution in [-0.2, 0) is 14.9 Å². The monoisotopic (exact) mass is 425 g/mol. The summed E-state index contributed by atoms with van der Waals surface area (Å²) >= 11 is 0. The number of hydrogen-bond acceptors (Lipinski definition) is 6. The van der Waals surface area contributed by atoms with Crippen LogP contribution in [0.1, 0.15) is 12.5 Å². The molecule has 1 aliphatic heterocycles. The van der Waals surface area contributed by atoms with Crippen molar-refractivity contribution in [2.24, 2.45) is 0 Å². The van der Waals surface area contributed by atoms with Gasteiger partial charge in [0.1, 0.15) is 10.6 Å². The van der Waals surface area contributed by atoms with Gasteiger partial charge < -0.3 is 14.0 Å². The van der Waals surface area contributed by atoms with Crippen molar-refractivity contribution in [2.45, 2.75) is 18.7 Å². The van der Waals surface area contributed by atoms with Crippen molar-refractivity contribution in [2.75, 3.05) is 31.1 Å².